The van der Waals surface area contributed by atoms with E-state index in [0.29, 0.717) is 24.9 Å². The number of nitrogens with one attached hydrogen (secondary N) is 2. The standard InChI is InChI=1S/C15H19N3O3/c1-18(2)14(20)7-8-16-15(21)11-3-5-12-10(9-11)4-6-13(19)17-12/h3,5,9H,4,6-8H2,1-2H3,(H,16,21)(H,17,19). The minimum atomic E-state index is -0.207. The van der Waals surface area contributed by atoms with Gasteiger partial charge in [0.1, 0.15) is 0 Å². The summed E-state index contributed by atoms with van der Waals surface area (Å²) in [5.41, 5.74) is 2.28. The SMILES string of the molecule is CN(C)C(=O)CCNC(=O)c1ccc2c(c1)CCC(=O)N2. The lowest BCUT2D eigenvalue weighted by atomic mass is 10.00. The Morgan fingerprint density at radius 1 is 1.29 bits per heavy atom. The van der Waals surface area contributed by atoms with E-state index in [9.17, 15) is 14.4 Å². The minimum Gasteiger partial charge on any atom is -0.352 e. The summed E-state index contributed by atoms with van der Waals surface area (Å²) in [4.78, 5) is 36.2. The molecule has 6 nitrogen and oxygen atoms in total. The highest BCUT2D eigenvalue weighted by atomic mass is 16.2. The molecule has 3 amide bonds. The average molecular weight is 289 g/mol. The Labute approximate surface area is 123 Å². The van der Waals surface area contributed by atoms with E-state index in [4.69, 9.17) is 0 Å². The average Bonchev–Trinajstić information content (AvgIpc) is 2.46. The van der Waals surface area contributed by atoms with Gasteiger partial charge in [0.05, 0.1) is 0 Å². The molecule has 0 saturated carbocycles. The predicted octanol–water partition coefficient (Wildman–Crippen LogP) is 0.779. The quantitative estimate of drug-likeness (QED) is 0.859. The highest BCUT2D eigenvalue weighted by Crippen LogP contribution is 2.23. The summed E-state index contributed by atoms with van der Waals surface area (Å²) in [6.45, 7) is 0.309. The van der Waals surface area contributed by atoms with Crippen LogP contribution in [0.1, 0.15) is 28.8 Å². The third kappa shape index (κ3) is 3.81. The second kappa shape index (κ2) is 6.39. The smallest absolute Gasteiger partial charge is 0.251 e. The Kier molecular flexibility index (Phi) is 4.57. The zero-order chi connectivity index (χ0) is 15.4. The molecule has 2 N–H and O–H groups in total. The van der Waals surface area contributed by atoms with E-state index in [1.807, 2.05) is 0 Å². The van der Waals surface area contributed by atoms with E-state index in [1.54, 1.807) is 32.3 Å². The molecule has 0 saturated heterocycles. The van der Waals surface area contributed by atoms with Gasteiger partial charge in [-0.1, -0.05) is 0 Å². The Bertz CT molecular complexity index is 582. The van der Waals surface area contributed by atoms with Crippen molar-refractivity contribution in [1.82, 2.24) is 10.2 Å². The number of hydrogen-bond donors (Lipinski definition) is 2. The first-order valence-corrected chi connectivity index (χ1v) is 6.88. The van der Waals surface area contributed by atoms with Gasteiger partial charge in [0, 0.05) is 44.7 Å². The molecule has 1 aromatic carbocycles. The van der Waals surface area contributed by atoms with Crippen LogP contribution in [0.3, 0.4) is 0 Å². The molecule has 0 aromatic heterocycles. The number of anilines is 1. The van der Waals surface area contributed by atoms with Crippen LogP contribution < -0.4 is 10.6 Å². The van der Waals surface area contributed by atoms with Crippen LogP contribution in [-0.4, -0.2) is 43.3 Å². The van der Waals surface area contributed by atoms with Crippen LogP contribution in [0.2, 0.25) is 0 Å². The van der Waals surface area contributed by atoms with Gasteiger partial charge in [-0.25, -0.2) is 0 Å². The first-order chi connectivity index (χ1) is 9.97. The van der Waals surface area contributed by atoms with Crippen LogP contribution in [0.4, 0.5) is 5.69 Å². The summed E-state index contributed by atoms with van der Waals surface area (Å²) in [6.07, 6.45) is 1.36. The fourth-order valence-electron chi connectivity index (χ4n) is 2.13. The van der Waals surface area contributed by atoms with E-state index in [1.165, 1.54) is 4.90 Å². The van der Waals surface area contributed by atoms with Crippen LogP contribution in [0, 0.1) is 0 Å². The fraction of sp³-hybridized carbons (Fsp3) is 0.400. The molecule has 1 aliphatic heterocycles. The molecule has 112 valence electrons. The van der Waals surface area contributed by atoms with Crippen molar-refractivity contribution in [3.8, 4) is 0 Å². The molecule has 0 spiro atoms. The molecular weight excluding hydrogens is 270 g/mol. The molecule has 0 aliphatic carbocycles. The number of rotatable bonds is 4. The molecule has 0 fully saturated rings. The lowest BCUT2D eigenvalue weighted by molar-refractivity contribution is -0.128. The van der Waals surface area contributed by atoms with Gasteiger partial charge in [0.25, 0.3) is 5.91 Å². The maximum absolute atomic E-state index is 12.0. The van der Waals surface area contributed by atoms with Crippen LogP contribution in [0.15, 0.2) is 18.2 Å². The van der Waals surface area contributed by atoms with Gasteiger partial charge in [-0.15, -0.1) is 0 Å². The predicted molar refractivity (Wildman–Crippen MR) is 79.0 cm³/mol. The third-order valence-electron chi connectivity index (χ3n) is 3.39. The normalized spacial score (nSPS) is 13.1. The van der Waals surface area contributed by atoms with Gasteiger partial charge >= 0.3 is 0 Å². The topological polar surface area (TPSA) is 78.5 Å². The number of fused-ring (bicyclic) bond motifs is 1. The van der Waals surface area contributed by atoms with Crippen molar-refractivity contribution in [3.63, 3.8) is 0 Å². The highest BCUT2D eigenvalue weighted by Gasteiger charge is 2.16. The molecule has 2 rings (SSSR count). The van der Waals surface area contributed by atoms with Crippen molar-refractivity contribution < 1.29 is 14.4 Å². The lowest BCUT2D eigenvalue weighted by Gasteiger charge is -2.17. The molecule has 1 heterocycles. The van der Waals surface area contributed by atoms with Gasteiger partial charge < -0.3 is 15.5 Å². The summed E-state index contributed by atoms with van der Waals surface area (Å²) in [5, 5.41) is 5.50. The second-order valence-electron chi connectivity index (χ2n) is 5.21. The maximum Gasteiger partial charge on any atom is 0.251 e. The Hall–Kier alpha value is -2.37. The summed E-state index contributed by atoms with van der Waals surface area (Å²) in [7, 11) is 3.36. The van der Waals surface area contributed by atoms with Gasteiger partial charge in [-0.2, -0.15) is 0 Å². The van der Waals surface area contributed by atoms with Gasteiger partial charge in [0.15, 0.2) is 0 Å². The minimum absolute atomic E-state index is 0.00176. The second-order valence-corrected chi connectivity index (χ2v) is 5.21. The number of benzene rings is 1. The number of hydrogen-bond acceptors (Lipinski definition) is 3. The molecule has 21 heavy (non-hydrogen) atoms. The van der Waals surface area contributed by atoms with E-state index >= 15 is 0 Å². The highest BCUT2D eigenvalue weighted by molar-refractivity contribution is 5.98. The van der Waals surface area contributed by atoms with Crippen molar-refractivity contribution in [2.45, 2.75) is 19.3 Å². The number of nitrogens with zero attached hydrogens (tertiary/aromatic N) is 1. The van der Waals surface area contributed by atoms with Crippen molar-refractivity contribution in [3.05, 3.63) is 29.3 Å². The summed E-state index contributed by atoms with van der Waals surface area (Å²) in [6, 6.07) is 5.21. The monoisotopic (exact) mass is 289 g/mol. The molecule has 0 radical (unpaired) electrons. The van der Waals surface area contributed by atoms with E-state index < -0.39 is 0 Å². The van der Waals surface area contributed by atoms with Crippen LogP contribution in [-0.2, 0) is 16.0 Å². The summed E-state index contributed by atoms with van der Waals surface area (Å²) >= 11 is 0. The van der Waals surface area contributed by atoms with Crippen molar-refractivity contribution in [2.24, 2.45) is 0 Å². The molecule has 1 aliphatic rings. The zero-order valence-corrected chi connectivity index (χ0v) is 12.2. The number of carbonyl (C=O) groups excluding carboxylic acids is 3. The Morgan fingerprint density at radius 3 is 2.76 bits per heavy atom. The van der Waals surface area contributed by atoms with Gasteiger partial charge in [-0.3, -0.25) is 14.4 Å². The maximum atomic E-state index is 12.0. The molecule has 6 heteroatoms. The van der Waals surface area contributed by atoms with E-state index in [2.05, 4.69) is 10.6 Å². The van der Waals surface area contributed by atoms with Crippen LogP contribution >= 0.6 is 0 Å². The van der Waals surface area contributed by atoms with Crippen molar-refractivity contribution >= 4 is 23.4 Å². The fourth-order valence-corrected chi connectivity index (χ4v) is 2.13. The first-order valence-electron chi connectivity index (χ1n) is 6.88. The van der Waals surface area contributed by atoms with Gasteiger partial charge in [0.2, 0.25) is 11.8 Å². The zero-order valence-electron chi connectivity index (χ0n) is 12.2. The molecule has 0 bridgehead atoms. The molecule has 0 atom stereocenters. The van der Waals surface area contributed by atoms with E-state index in [-0.39, 0.29) is 24.1 Å². The largest absolute Gasteiger partial charge is 0.352 e. The van der Waals surface area contributed by atoms with Gasteiger partial charge in [-0.05, 0) is 30.2 Å². The molecule has 1 aromatic rings. The van der Waals surface area contributed by atoms with Crippen LogP contribution in [0.25, 0.3) is 0 Å². The number of aryl methyl sites for hydroxylation is 1. The third-order valence-corrected chi connectivity index (χ3v) is 3.39. The molecular formula is C15H19N3O3. The van der Waals surface area contributed by atoms with Crippen molar-refractivity contribution in [1.29, 1.82) is 0 Å². The summed E-state index contributed by atoms with van der Waals surface area (Å²) in [5.74, 6) is -0.230. The van der Waals surface area contributed by atoms with E-state index in [0.717, 1.165) is 11.3 Å². The first kappa shape index (κ1) is 15.0. The summed E-state index contributed by atoms with van der Waals surface area (Å²) < 4.78 is 0. The Morgan fingerprint density at radius 2 is 2.05 bits per heavy atom. The number of carbonyl (C=O) groups is 3. The Balaban J connectivity index is 1.94. The lowest BCUT2D eigenvalue weighted by Crippen LogP contribution is -2.30. The van der Waals surface area contributed by atoms with Crippen molar-refractivity contribution in [2.75, 3.05) is 26.0 Å². The number of amides is 3. The van der Waals surface area contributed by atoms with Crippen LogP contribution in [0.5, 0.6) is 0 Å². The molecule has 0 unspecified atom stereocenters.